The van der Waals surface area contributed by atoms with Crippen LogP contribution < -0.4 is 15.0 Å². The van der Waals surface area contributed by atoms with Gasteiger partial charge in [0.25, 0.3) is 0 Å². The number of halogens is 2. The Labute approximate surface area is 227 Å². The molecule has 2 aliphatic rings. The lowest BCUT2D eigenvalue weighted by molar-refractivity contribution is 0.0796. The molecule has 39 heavy (non-hydrogen) atoms. The van der Waals surface area contributed by atoms with E-state index in [0.29, 0.717) is 67.1 Å². The molecule has 1 fully saturated rings. The zero-order valence-electron chi connectivity index (χ0n) is 23.0. The highest BCUT2D eigenvalue weighted by atomic mass is 28.3. The Bertz CT molecular complexity index is 1380. The van der Waals surface area contributed by atoms with Gasteiger partial charge >= 0.3 is 0 Å². The molecular weight excluding hydrogens is 522 g/mol. The summed E-state index contributed by atoms with van der Waals surface area (Å²) in [6.45, 7) is 12.1. The average molecular weight is 557 g/mol. The van der Waals surface area contributed by atoms with Gasteiger partial charge < -0.3 is 24.4 Å². The van der Waals surface area contributed by atoms with Crippen molar-refractivity contribution >= 4 is 31.1 Å². The van der Waals surface area contributed by atoms with Crippen LogP contribution in [-0.2, 0) is 16.2 Å². The first-order valence-corrected chi connectivity index (χ1v) is 16.7. The second kappa shape index (κ2) is 11.0. The van der Waals surface area contributed by atoms with Crippen molar-refractivity contribution in [2.24, 2.45) is 4.99 Å². The van der Waals surface area contributed by atoms with Crippen molar-refractivity contribution in [1.82, 2.24) is 14.8 Å². The minimum absolute atomic E-state index is 0.00660. The third kappa shape index (κ3) is 5.68. The summed E-state index contributed by atoms with van der Waals surface area (Å²) in [6.07, 6.45) is 0. The SMILES string of the molecule is COc1nc(N2CCOCC2)cc2c1N=C(c1c(F)cccc1F)Nc1c(C)nn(COCC[Si](C)(C)C)c1-2. The average Bonchev–Trinajstić information content (AvgIpc) is 3.09. The van der Waals surface area contributed by atoms with Crippen LogP contribution >= 0.6 is 0 Å². The summed E-state index contributed by atoms with van der Waals surface area (Å²) in [5.74, 6) is -0.527. The van der Waals surface area contributed by atoms with Crippen molar-refractivity contribution in [2.75, 3.05) is 50.2 Å². The molecule has 12 heteroatoms. The number of morpholine rings is 1. The summed E-state index contributed by atoms with van der Waals surface area (Å²) in [5, 5.41) is 7.92. The molecule has 2 aliphatic heterocycles. The Balaban J connectivity index is 1.67. The number of fused-ring (bicyclic) bond motifs is 3. The number of nitrogens with zero attached hydrogens (tertiary/aromatic N) is 5. The molecule has 0 amide bonds. The summed E-state index contributed by atoms with van der Waals surface area (Å²) in [4.78, 5) is 11.5. The molecule has 0 aliphatic carbocycles. The lowest BCUT2D eigenvalue weighted by atomic mass is 10.1. The summed E-state index contributed by atoms with van der Waals surface area (Å²) < 4.78 is 48.9. The highest BCUT2D eigenvalue weighted by molar-refractivity contribution is 6.76. The molecule has 0 saturated carbocycles. The van der Waals surface area contributed by atoms with Crippen molar-refractivity contribution in [1.29, 1.82) is 0 Å². The van der Waals surface area contributed by atoms with E-state index in [1.165, 1.54) is 25.3 Å². The van der Waals surface area contributed by atoms with Crippen molar-refractivity contribution in [3.63, 3.8) is 0 Å². The smallest absolute Gasteiger partial charge is 0.242 e. The number of methoxy groups -OCH3 is 1. The molecule has 3 aromatic rings. The van der Waals surface area contributed by atoms with Crippen LogP contribution in [0.3, 0.4) is 0 Å². The van der Waals surface area contributed by atoms with Gasteiger partial charge in [0.1, 0.15) is 35.7 Å². The first-order chi connectivity index (χ1) is 18.7. The van der Waals surface area contributed by atoms with Gasteiger partial charge in [0.05, 0.1) is 43.0 Å². The highest BCUT2D eigenvalue weighted by Gasteiger charge is 2.30. The summed E-state index contributed by atoms with van der Waals surface area (Å²) in [5.41, 5.74) is 2.66. The van der Waals surface area contributed by atoms with Gasteiger partial charge in [-0.15, -0.1) is 0 Å². The number of aryl methyl sites for hydroxylation is 1. The molecule has 0 bridgehead atoms. The van der Waals surface area contributed by atoms with E-state index in [2.05, 4.69) is 29.9 Å². The van der Waals surface area contributed by atoms with Gasteiger partial charge in [-0.05, 0) is 31.2 Å². The van der Waals surface area contributed by atoms with Crippen molar-refractivity contribution in [3.05, 3.63) is 47.2 Å². The highest BCUT2D eigenvalue weighted by Crippen LogP contribution is 2.46. The fourth-order valence-corrected chi connectivity index (χ4v) is 5.37. The summed E-state index contributed by atoms with van der Waals surface area (Å²) >= 11 is 0. The molecule has 1 saturated heterocycles. The van der Waals surface area contributed by atoms with E-state index in [1.807, 2.05) is 13.0 Å². The molecule has 2 aromatic heterocycles. The van der Waals surface area contributed by atoms with Gasteiger partial charge in [-0.2, -0.15) is 10.1 Å². The third-order valence-electron chi connectivity index (χ3n) is 6.73. The first kappa shape index (κ1) is 27.2. The number of aliphatic imine (C=N–C) groups is 1. The molecule has 0 radical (unpaired) electrons. The number of amidine groups is 1. The molecule has 0 spiro atoms. The van der Waals surface area contributed by atoms with E-state index in [0.717, 1.165) is 6.04 Å². The van der Waals surface area contributed by atoms with E-state index < -0.39 is 19.7 Å². The van der Waals surface area contributed by atoms with Gasteiger partial charge in [-0.25, -0.2) is 18.5 Å². The topological polar surface area (TPSA) is 86.0 Å². The first-order valence-electron chi connectivity index (χ1n) is 13.0. The maximum atomic E-state index is 15.0. The van der Waals surface area contributed by atoms with Gasteiger partial charge in [0, 0.05) is 33.3 Å². The van der Waals surface area contributed by atoms with E-state index in [-0.39, 0.29) is 24.0 Å². The standard InChI is InChI=1S/C27H34F2N6O3Si/c1-17-23-25(35(33-17)16-38-13-14-39(3,4)5)18-15-21(34-9-11-37-12-10-34)30-27(36-2)24(18)32-26(31-23)22-19(28)7-6-8-20(22)29/h6-8,15H,9-14,16H2,1-5H3,(H,31,32). The van der Waals surface area contributed by atoms with Crippen LogP contribution in [0, 0.1) is 18.6 Å². The quantitative estimate of drug-likeness (QED) is 0.302. The van der Waals surface area contributed by atoms with Crippen molar-refractivity contribution in [2.45, 2.75) is 39.3 Å². The van der Waals surface area contributed by atoms with E-state index in [1.54, 1.807) is 4.68 Å². The zero-order chi connectivity index (χ0) is 27.7. The van der Waals surface area contributed by atoms with Gasteiger partial charge in [0.15, 0.2) is 0 Å². The van der Waals surface area contributed by atoms with E-state index >= 15 is 0 Å². The number of benzene rings is 1. The maximum absolute atomic E-state index is 15.0. The number of ether oxygens (including phenoxy) is 3. The van der Waals surface area contributed by atoms with Crippen molar-refractivity contribution in [3.8, 4) is 17.1 Å². The largest absolute Gasteiger partial charge is 0.479 e. The van der Waals surface area contributed by atoms with Crippen LogP contribution in [0.15, 0.2) is 29.3 Å². The monoisotopic (exact) mass is 556 g/mol. The second-order valence-electron chi connectivity index (χ2n) is 10.8. The third-order valence-corrected chi connectivity index (χ3v) is 8.44. The van der Waals surface area contributed by atoms with Crippen LogP contribution in [0.25, 0.3) is 11.3 Å². The number of hydrogen-bond donors (Lipinski definition) is 1. The molecule has 9 nitrogen and oxygen atoms in total. The van der Waals surface area contributed by atoms with Crippen LogP contribution in [0.1, 0.15) is 11.3 Å². The van der Waals surface area contributed by atoms with Crippen LogP contribution in [0.5, 0.6) is 5.88 Å². The Morgan fingerprint density at radius 1 is 1.13 bits per heavy atom. The summed E-state index contributed by atoms with van der Waals surface area (Å²) in [6, 6.07) is 6.67. The predicted octanol–water partition coefficient (Wildman–Crippen LogP) is 5.19. The van der Waals surface area contributed by atoms with Gasteiger partial charge in [-0.1, -0.05) is 25.7 Å². The van der Waals surface area contributed by atoms with Crippen molar-refractivity contribution < 1.29 is 23.0 Å². The van der Waals surface area contributed by atoms with E-state index in [9.17, 15) is 8.78 Å². The van der Waals surface area contributed by atoms with E-state index in [4.69, 9.17) is 29.3 Å². The Morgan fingerprint density at radius 3 is 2.51 bits per heavy atom. The number of aromatic nitrogens is 3. The predicted molar refractivity (Wildman–Crippen MR) is 150 cm³/mol. The molecule has 4 heterocycles. The Hall–Kier alpha value is -3.35. The summed E-state index contributed by atoms with van der Waals surface area (Å²) in [7, 11) is 0.228. The number of nitrogens with one attached hydrogen (secondary N) is 1. The molecule has 1 N–H and O–H groups in total. The number of pyridine rings is 1. The molecule has 0 unspecified atom stereocenters. The normalized spacial score (nSPS) is 15.3. The molecular formula is C27H34F2N6O3Si. The molecule has 5 rings (SSSR count). The fourth-order valence-electron chi connectivity index (χ4n) is 4.62. The molecule has 0 atom stereocenters. The number of rotatable bonds is 8. The number of anilines is 2. The lowest BCUT2D eigenvalue weighted by Gasteiger charge is -2.28. The molecule has 1 aromatic carbocycles. The Kier molecular flexibility index (Phi) is 7.70. The Morgan fingerprint density at radius 2 is 1.85 bits per heavy atom. The van der Waals surface area contributed by atoms with Crippen LogP contribution in [0.4, 0.5) is 26.0 Å². The second-order valence-corrected chi connectivity index (χ2v) is 16.4. The number of hydrogen-bond acceptors (Lipinski definition) is 8. The maximum Gasteiger partial charge on any atom is 0.242 e. The minimum atomic E-state index is -1.28. The van der Waals surface area contributed by atoms with Gasteiger partial charge in [-0.3, -0.25) is 0 Å². The molecule has 208 valence electrons. The lowest BCUT2D eigenvalue weighted by Crippen LogP contribution is -2.36. The van der Waals surface area contributed by atoms with Crippen LogP contribution in [-0.4, -0.2) is 68.7 Å². The van der Waals surface area contributed by atoms with Crippen LogP contribution in [0.2, 0.25) is 25.7 Å². The fraction of sp³-hybridized carbons (Fsp3) is 0.444. The minimum Gasteiger partial charge on any atom is -0.479 e. The van der Waals surface area contributed by atoms with Gasteiger partial charge in [0.2, 0.25) is 5.88 Å². The zero-order valence-corrected chi connectivity index (χ0v) is 24.0.